The van der Waals surface area contributed by atoms with Gasteiger partial charge in [0.2, 0.25) is 0 Å². The van der Waals surface area contributed by atoms with Gasteiger partial charge in [0.15, 0.2) is 5.78 Å². The first-order valence-electron chi connectivity index (χ1n) is 8.93. The molecule has 4 fully saturated rings. The maximum Gasteiger partial charge on any atom is 0.155 e. The van der Waals surface area contributed by atoms with Gasteiger partial charge in [0.1, 0.15) is 5.60 Å². The molecule has 1 saturated heterocycles. The second kappa shape index (κ2) is 3.64. The molecule has 0 aromatic heterocycles. The number of carbonyl (C=O) groups excluding carboxylic acids is 1. The third-order valence-electron chi connectivity index (χ3n) is 8.18. The number of hydrogen-bond acceptors (Lipinski definition) is 2. The zero-order valence-electron chi connectivity index (χ0n) is 13.3. The van der Waals surface area contributed by atoms with Gasteiger partial charge in [-0.3, -0.25) is 4.79 Å². The van der Waals surface area contributed by atoms with Gasteiger partial charge in [-0.05, 0) is 81.1 Å². The Kier molecular flexibility index (Phi) is 2.23. The minimum Gasteiger partial charge on any atom is -0.363 e. The minimum absolute atomic E-state index is 0.224. The highest BCUT2D eigenvalue weighted by Gasteiger charge is 2.76. The van der Waals surface area contributed by atoms with Crippen molar-refractivity contribution in [3.8, 4) is 0 Å². The van der Waals surface area contributed by atoms with Crippen LogP contribution in [0.15, 0.2) is 11.6 Å². The molecule has 0 N–H and O–H groups in total. The van der Waals surface area contributed by atoms with Crippen LogP contribution in [0, 0.1) is 23.2 Å². The van der Waals surface area contributed by atoms with Crippen LogP contribution in [0.5, 0.6) is 0 Å². The van der Waals surface area contributed by atoms with Gasteiger partial charge in [-0.1, -0.05) is 12.5 Å². The topological polar surface area (TPSA) is 29.6 Å². The molecule has 4 aliphatic carbocycles. The predicted molar refractivity (Wildman–Crippen MR) is 80.8 cm³/mol. The molecule has 2 heteroatoms. The van der Waals surface area contributed by atoms with Crippen molar-refractivity contribution in [2.45, 2.75) is 76.4 Å². The van der Waals surface area contributed by atoms with Crippen LogP contribution in [0.25, 0.3) is 0 Å². The molecular formula is C19H26O2. The summed E-state index contributed by atoms with van der Waals surface area (Å²) in [4.78, 5) is 11.8. The van der Waals surface area contributed by atoms with E-state index in [1.165, 1.54) is 37.7 Å². The number of allylic oxidation sites excluding steroid dienone is 1. The molecule has 3 saturated carbocycles. The maximum absolute atomic E-state index is 11.8. The van der Waals surface area contributed by atoms with E-state index in [4.69, 9.17) is 4.74 Å². The molecule has 0 radical (unpaired) electrons. The van der Waals surface area contributed by atoms with E-state index in [9.17, 15) is 4.79 Å². The third-order valence-corrected chi connectivity index (χ3v) is 8.18. The van der Waals surface area contributed by atoms with Gasteiger partial charge in [0.05, 0.1) is 5.60 Å². The zero-order valence-corrected chi connectivity index (χ0v) is 13.3. The van der Waals surface area contributed by atoms with Crippen LogP contribution in [-0.4, -0.2) is 17.0 Å². The quantitative estimate of drug-likeness (QED) is 0.629. The second-order valence-electron chi connectivity index (χ2n) is 8.77. The first kappa shape index (κ1) is 12.9. The fourth-order valence-electron chi connectivity index (χ4n) is 6.97. The van der Waals surface area contributed by atoms with Crippen LogP contribution >= 0.6 is 0 Å². The standard InChI is InChI=1S/C19H26O2/c1-17-8-5-13(20)11-12(17)3-4-14-15(17)7-10-19-16(14)6-9-18(19,2)21-19/h11,14-16H,3-10H2,1-2H3. The van der Waals surface area contributed by atoms with Gasteiger partial charge in [0.25, 0.3) is 0 Å². The van der Waals surface area contributed by atoms with E-state index in [0.717, 1.165) is 37.0 Å². The smallest absolute Gasteiger partial charge is 0.155 e. The fraction of sp³-hybridized carbons (Fsp3) is 0.842. The summed E-state index contributed by atoms with van der Waals surface area (Å²) in [7, 11) is 0. The largest absolute Gasteiger partial charge is 0.363 e. The molecule has 1 aliphatic heterocycles. The average Bonchev–Trinajstić information content (AvgIpc) is 2.92. The van der Waals surface area contributed by atoms with Gasteiger partial charge >= 0.3 is 0 Å². The summed E-state index contributed by atoms with van der Waals surface area (Å²) in [5.74, 6) is 2.82. The van der Waals surface area contributed by atoms with Crippen molar-refractivity contribution in [3.63, 3.8) is 0 Å². The van der Waals surface area contributed by atoms with E-state index in [-0.39, 0.29) is 11.2 Å². The Balaban J connectivity index is 1.52. The number of epoxide rings is 1. The van der Waals surface area contributed by atoms with Crippen LogP contribution in [0.2, 0.25) is 0 Å². The summed E-state index contributed by atoms with van der Waals surface area (Å²) in [6.07, 6.45) is 11.6. The summed E-state index contributed by atoms with van der Waals surface area (Å²) in [6.45, 7) is 4.81. The predicted octanol–water partition coefficient (Wildman–Crippen LogP) is 4.04. The monoisotopic (exact) mass is 286 g/mol. The normalized spacial score (nSPS) is 57.7. The van der Waals surface area contributed by atoms with E-state index in [1.807, 2.05) is 6.08 Å². The van der Waals surface area contributed by atoms with Gasteiger partial charge in [-0.2, -0.15) is 0 Å². The maximum atomic E-state index is 11.8. The number of ether oxygens (including phenoxy) is 1. The Labute approximate surface area is 127 Å². The van der Waals surface area contributed by atoms with Crippen LogP contribution < -0.4 is 0 Å². The first-order chi connectivity index (χ1) is 9.99. The molecule has 114 valence electrons. The lowest BCUT2D eigenvalue weighted by Crippen LogP contribution is -2.50. The van der Waals surface area contributed by atoms with Crippen molar-refractivity contribution in [2.24, 2.45) is 23.2 Å². The van der Waals surface area contributed by atoms with Crippen molar-refractivity contribution < 1.29 is 9.53 Å². The number of ketones is 1. The van der Waals surface area contributed by atoms with E-state index in [0.29, 0.717) is 11.2 Å². The number of carbonyl (C=O) groups is 1. The van der Waals surface area contributed by atoms with Gasteiger partial charge in [-0.25, -0.2) is 0 Å². The highest BCUT2D eigenvalue weighted by molar-refractivity contribution is 5.91. The number of hydrogen-bond donors (Lipinski definition) is 0. The third kappa shape index (κ3) is 1.37. The Morgan fingerprint density at radius 2 is 1.86 bits per heavy atom. The van der Waals surface area contributed by atoms with E-state index in [1.54, 1.807) is 0 Å². The zero-order chi connectivity index (χ0) is 14.5. The molecule has 21 heavy (non-hydrogen) atoms. The van der Waals surface area contributed by atoms with Crippen molar-refractivity contribution >= 4 is 5.78 Å². The summed E-state index contributed by atoms with van der Waals surface area (Å²) < 4.78 is 6.30. The van der Waals surface area contributed by atoms with Gasteiger partial charge in [-0.15, -0.1) is 0 Å². The molecule has 0 aromatic rings. The van der Waals surface area contributed by atoms with Crippen molar-refractivity contribution in [1.82, 2.24) is 0 Å². The van der Waals surface area contributed by atoms with Crippen molar-refractivity contribution in [1.29, 1.82) is 0 Å². The first-order valence-corrected chi connectivity index (χ1v) is 8.93. The lowest BCUT2D eigenvalue weighted by Gasteiger charge is -2.55. The molecule has 0 amide bonds. The van der Waals surface area contributed by atoms with E-state index >= 15 is 0 Å². The Hall–Kier alpha value is -0.630. The van der Waals surface area contributed by atoms with E-state index < -0.39 is 0 Å². The molecule has 1 heterocycles. The Morgan fingerprint density at radius 1 is 1.05 bits per heavy atom. The highest BCUT2D eigenvalue weighted by atomic mass is 16.6. The number of fused-ring (bicyclic) bond motifs is 4. The van der Waals surface area contributed by atoms with Crippen LogP contribution in [0.1, 0.15) is 65.2 Å². The summed E-state index contributed by atoms with van der Waals surface area (Å²) in [6, 6.07) is 0. The Bertz CT molecular complexity index is 564. The van der Waals surface area contributed by atoms with Crippen LogP contribution in [-0.2, 0) is 9.53 Å². The van der Waals surface area contributed by atoms with Crippen molar-refractivity contribution in [3.05, 3.63) is 11.6 Å². The van der Waals surface area contributed by atoms with Crippen molar-refractivity contribution in [2.75, 3.05) is 0 Å². The molecule has 0 aromatic carbocycles. The van der Waals surface area contributed by atoms with Crippen LogP contribution in [0.3, 0.4) is 0 Å². The molecule has 0 bridgehead atoms. The van der Waals surface area contributed by atoms with Crippen LogP contribution in [0.4, 0.5) is 0 Å². The molecule has 5 rings (SSSR count). The van der Waals surface area contributed by atoms with Gasteiger partial charge < -0.3 is 4.74 Å². The second-order valence-corrected chi connectivity index (χ2v) is 8.77. The van der Waals surface area contributed by atoms with Gasteiger partial charge in [0, 0.05) is 6.42 Å². The molecule has 1 spiro atoms. The summed E-state index contributed by atoms with van der Waals surface area (Å²) in [5, 5.41) is 0. The molecule has 6 atom stereocenters. The summed E-state index contributed by atoms with van der Waals surface area (Å²) >= 11 is 0. The SMILES string of the molecule is CC12CCC(=O)C=C1CCC1C2CCC23OC2(C)CCC13. The number of rotatable bonds is 0. The lowest BCUT2D eigenvalue weighted by molar-refractivity contribution is -0.117. The van der Waals surface area contributed by atoms with E-state index in [2.05, 4.69) is 13.8 Å². The molecule has 2 nitrogen and oxygen atoms in total. The molecule has 5 aliphatic rings. The minimum atomic E-state index is 0.224. The highest BCUT2D eigenvalue weighted by Crippen LogP contribution is 2.72. The summed E-state index contributed by atoms with van der Waals surface area (Å²) in [5.41, 5.74) is 2.28. The Morgan fingerprint density at radius 3 is 2.67 bits per heavy atom. The fourth-order valence-corrected chi connectivity index (χ4v) is 6.97. The molecular weight excluding hydrogens is 260 g/mol. The lowest BCUT2D eigenvalue weighted by atomic mass is 9.49. The molecule has 6 unspecified atom stereocenters. The average molecular weight is 286 g/mol.